The molecule has 188 valence electrons. The Hall–Kier alpha value is -2.10. The van der Waals surface area contributed by atoms with E-state index >= 15 is 0 Å². The molecule has 0 spiro atoms. The average Bonchev–Trinajstić information content (AvgIpc) is 2.77. The van der Waals surface area contributed by atoms with Gasteiger partial charge in [0.25, 0.3) is 5.91 Å². The average molecular weight is 568 g/mol. The maximum atomic E-state index is 13.2. The summed E-state index contributed by atoms with van der Waals surface area (Å²) in [5.41, 5.74) is 1.92. The molecule has 2 aromatic carbocycles. The minimum absolute atomic E-state index is 0.00301. The smallest absolute Gasteiger partial charge is 0.352 e. The van der Waals surface area contributed by atoms with Gasteiger partial charge in [0.05, 0.1) is 32.1 Å². The Bertz CT molecular complexity index is 1180. The molecular formula is C23H21Cl4F3N4O. The number of carbonyl (C=O) groups is 1. The highest BCUT2D eigenvalue weighted by Crippen LogP contribution is 2.37. The molecule has 0 saturated carbocycles. The van der Waals surface area contributed by atoms with Crippen LogP contribution in [-0.4, -0.2) is 23.6 Å². The lowest BCUT2D eigenvalue weighted by Gasteiger charge is -2.38. The number of nitrogens with one attached hydrogen (secondary N) is 2. The molecule has 1 aliphatic rings. The van der Waals surface area contributed by atoms with Crippen molar-refractivity contribution >= 4 is 52.3 Å². The van der Waals surface area contributed by atoms with Gasteiger partial charge in [-0.05, 0) is 54.8 Å². The standard InChI is InChI=1S/C23H21Cl4F3N4O/c1-12-20(22(35)32-9-7-13-2-4-15(24)17(26)10-13)21(14-3-5-16(25)18(27)11-14)34(31)19(33-12)6-8-23(28,29)30/h2-6,10-11,21,33H,7-9,31H2,1H3,(H,32,35)/b19-6-. The fourth-order valence-electron chi connectivity index (χ4n) is 3.59. The van der Waals surface area contributed by atoms with E-state index in [0.29, 0.717) is 27.7 Å². The van der Waals surface area contributed by atoms with Crippen molar-refractivity contribution in [3.63, 3.8) is 0 Å². The van der Waals surface area contributed by atoms with Crippen LogP contribution >= 0.6 is 46.4 Å². The van der Waals surface area contributed by atoms with Gasteiger partial charge in [0.2, 0.25) is 0 Å². The number of nitrogens with zero attached hydrogens (tertiary/aromatic N) is 1. The van der Waals surface area contributed by atoms with Gasteiger partial charge in [-0.3, -0.25) is 9.80 Å². The zero-order valence-corrected chi connectivity index (χ0v) is 21.3. The lowest BCUT2D eigenvalue weighted by molar-refractivity contribution is -0.125. The molecule has 1 unspecified atom stereocenters. The Morgan fingerprint density at radius 3 is 2.31 bits per heavy atom. The van der Waals surface area contributed by atoms with E-state index < -0.39 is 24.5 Å². The van der Waals surface area contributed by atoms with Crippen LogP contribution in [-0.2, 0) is 11.2 Å². The molecule has 35 heavy (non-hydrogen) atoms. The first-order chi connectivity index (χ1) is 16.4. The van der Waals surface area contributed by atoms with E-state index in [1.54, 1.807) is 31.2 Å². The number of hydrazine groups is 1. The van der Waals surface area contributed by atoms with Crippen molar-refractivity contribution in [2.24, 2.45) is 5.84 Å². The number of halogens is 7. The van der Waals surface area contributed by atoms with Crippen LogP contribution in [0.25, 0.3) is 0 Å². The van der Waals surface area contributed by atoms with Gasteiger partial charge in [-0.1, -0.05) is 58.5 Å². The molecule has 0 radical (unpaired) electrons. The van der Waals surface area contributed by atoms with Gasteiger partial charge in [0.1, 0.15) is 11.9 Å². The van der Waals surface area contributed by atoms with Crippen molar-refractivity contribution in [3.05, 3.63) is 90.8 Å². The van der Waals surface area contributed by atoms with Gasteiger partial charge in [-0.2, -0.15) is 13.2 Å². The molecule has 4 N–H and O–H groups in total. The van der Waals surface area contributed by atoms with E-state index in [2.05, 4.69) is 10.6 Å². The molecule has 5 nitrogen and oxygen atoms in total. The van der Waals surface area contributed by atoms with Gasteiger partial charge in [0.15, 0.2) is 0 Å². The van der Waals surface area contributed by atoms with E-state index in [1.807, 2.05) is 0 Å². The summed E-state index contributed by atoms with van der Waals surface area (Å²) < 4.78 is 38.5. The Morgan fingerprint density at radius 2 is 1.71 bits per heavy atom. The van der Waals surface area contributed by atoms with E-state index in [9.17, 15) is 18.0 Å². The zero-order valence-electron chi connectivity index (χ0n) is 18.3. The Labute approximate surface area is 220 Å². The maximum Gasteiger partial charge on any atom is 0.392 e. The summed E-state index contributed by atoms with van der Waals surface area (Å²) in [7, 11) is 0. The van der Waals surface area contributed by atoms with Gasteiger partial charge in [-0.25, -0.2) is 5.84 Å². The van der Waals surface area contributed by atoms with E-state index in [4.69, 9.17) is 52.2 Å². The van der Waals surface area contributed by atoms with Gasteiger partial charge in [0, 0.05) is 12.2 Å². The van der Waals surface area contributed by atoms with Crippen molar-refractivity contribution in [2.45, 2.75) is 32.0 Å². The number of amides is 1. The monoisotopic (exact) mass is 566 g/mol. The van der Waals surface area contributed by atoms with Crippen LogP contribution in [0.4, 0.5) is 13.2 Å². The third-order valence-corrected chi connectivity index (χ3v) is 6.74. The molecule has 0 aliphatic carbocycles. The van der Waals surface area contributed by atoms with Crippen LogP contribution in [0.3, 0.4) is 0 Å². The summed E-state index contributed by atoms with van der Waals surface area (Å²) in [5, 5.41) is 8.05. The molecule has 1 heterocycles. The molecule has 1 atom stereocenters. The summed E-state index contributed by atoms with van der Waals surface area (Å²) in [6.07, 6.45) is -4.22. The second-order valence-electron chi connectivity index (χ2n) is 7.81. The van der Waals surface area contributed by atoms with E-state index in [1.165, 1.54) is 12.1 Å². The highest BCUT2D eigenvalue weighted by Gasteiger charge is 2.36. The Kier molecular flexibility index (Phi) is 8.88. The highest BCUT2D eigenvalue weighted by atomic mass is 35.5. The van der Waals surface area contributed by atoms with Crippen LogP contribution < -0.4 is 16.5 Å². The minimum atomic E-state index is -4.42. The van der Waals surface area contributed by atoms with Crippen molar-refractivity contribution < 1.29 is 18.0 Å². The predicted octanol–water partition coefficient (Wildman–Crippen LogP) is 6.55. The minimum Gasteiger partial charge on any atom is -0.352 e. The zero-order chi connectivity index (χ0) is 25.9. The summed E-state index contributed by atoms with van der Waals surface area (Å²) in [6.45, 7) is 1.86. The first-order valence-corrected chi connectivity index (χ1v) is 11.8. The van der Waals surface area contributed by atoms with Gasteiger partial charge >= 0.3 is 6.18 Å². The summed E-state index contributed by atoms with van der Waals surface area (Å²) in [6, 6.07) is 8.92. The highest BCUT2D eigenvalue weighted by molar-refractivity contribution is 6.42. The fourth-order valence-corrected chi connectivity index (χ4v) is 4.22. The lowest BCUT2D eigenvalue weighted by Crippen LogP contribution is -2.48. The van der Waals surface area contributed by atoms with Crippen molar-refractivity contribution in [2.75, 3.05) is 6.54 Å². The van der Waals surface area contributed by atoms with E-state index in [0.717, 1.165) is 16.6 Å². The van der Waals surface area contributed by atoms with Crippen LogP contribution in [0, 0.1) is 0 Å². The Balaban J connectivity index is 1.89. The summed E-state index contributed by atoms with van der Waals surface area (Å²) >= 11 is 24.2. The third-order valence-electron chi connectivity index (χ3n) is 5.26. The summed E-state index contributed by atoms with van der Waals surface area (Å²) in [4.78, 5) is 13.2. The molecule has 0 aromatic heterocycles. The number of allylic oxidation sites excluding steroid dienone is 2. The molecule has 3 rings (SSSR count). The second-order valence-corrected chi connectivity index (χ2v) is 9.44. The van der Waals surface area contributed by atoms with Gasteiger partial charge in [-0.15, -0.1) is 0 Å². The lowest BCUT2D eigenvalue weighted by atomic mass is 9.93. The number of hydrogen-bond donors (Lipinski definition) is 3. The number of rotatable bonds is 6. The first kappa shape index (κ1) is 27.5. The quantitative estimate of drug-likeness (QED) is 0.346. The van der Waals surface area contributed by atoms with Gasteiger partial charge < -0.3 is 10.6 Å². The molecule has 1 amide bonds. The normalized spacial score (nSPS) is 17.6. The SMILES string of the molecule is CC1=C(C(=O)NCCc2ccc(Cl)c(Cl)c2)C(c2ccc(Cl)c(Cl)c2)N(N)/C(=C\CC(F)(F)F)N1. The molecule has 0 fully saturated rings. The number of benzene rings is 2. The van der Waals surface area contributed by atoms with Crippen molar-refractivity contribution in [3.8, 4) is 0 Å². The molecular weight excluding hydrogens is 547 g/mol. The largest absolute Gasteiger partial charge is 0.392 e. The van der Waals surface area contributed by atoms with Crippen LogP contribution in [0.5, 0.6) is 0 Å². The number of alkyl halides is 3. The topological polar surface area (TPSA) is 70.4 Å². The van der Waals surface area contributed by atoms with Crippen LogP contribution in [0.2, 0.25) is 20.1 Å². The molecule has 0 saturated heterocycles. The third kappa shape index (κ3) is 6.98. The van der Waals surface area contributed by atoms with E-state index in [-0.39, 0.29) is 28.0 Å². The van der Waals surface area contributed by atoms with Crippen molar-refractivity contribution in [1.82, 2.24) is 15.6 Å². The Morgan fingerprint density at radius 1 is 1.09 bits per heavy atom. The first-order valence-electron chi connectivity index (χ1n) is 10.3. The van der Waals surface area contributed by atoms with Crippen LogP contribution in [0.15, 0.2) is 59.6 Å². The number of carbonyl (C=O) groups excluding carboxylic acids is 1. The number of hydrogen-bond acceptors (Lipinski definition) is 4. The molecule has 12 heteroatoms. The molecule has 1 aliphatic heterocycles. The molecule has 0 bridgehead atoms. The second kappa shape index (κ2) is 11.3. The maximum absolute atomic E-state index is 13.2. The fraction of sp³-hybridized carbons (Fsp3) is 0.261. The predicted molar refractivity (Wildman–Crippen MR) is 133 cm³/mol. The van der Waals surface area contributed by atoms with Crippen molar-refractivity contribution in [1.29, 1.82) is 0 Å². The molecule has 2 aromatic rings. The number of nitrogens with two attached hydrogens (primary N) is 1. The van der Waals surface area contributed by atoms with Crippen LogP contribution in [0.1, 0.15) is 30.5 Å². The summed E-state index contributed by atoms with van der Waals surface area (Å²) in [5.74, 6) is 5.79.